The van der Waals surface area contributed by atoms with E-state index in [1.807, 2.05) is 24.3 Å². The molecule has 0 radical (unpaired) electrons. The SMILES string of the molecule is COc1ccccc1CCNC(=O)c1ccc(NCc2ccccc2F)nc1. The lowest BCUT2D eigenvalue weighted by Gasteiger charge is -2.10. The number of anilines is 1. The topological polar surface area (TPSA) is 63.2 Å². The molecule has 0 aliphatic carbocycles. The fourth-order valence-corrected chi connectivity index (χ4v) is 2.78. The number of aromatic nitrogens is 1. The minimum Gasteiger partial charge on any atom is -0.496 e. The number of pyridine rings is 1. The number of nitrogens with one attached hydrogen (secondary N) is 2. The third-order valence-electron chi connectivity index (χ3n) is 4.32. The van der Waals surface area contributed by atoms with Gasteiger partial charge < -0.3 is 15.4 Å². The van der Waals surface area contributed by atoms with Crippen molar-refractivity contribution < 1.29 is 13.9 Å². The Balaban J connectivity index is 1.50. The van der Waals surface area contributed by atoms with Gasteiger partial charge in [0.25, 0.3) is 5.91 Å². The number of nitrogens with zero attached hydrogens (tertiary/aromatic N) is 1. The maximum atomic E-state index is 13.6. The van der Waals surface area contributed by atoms with Crippen molar-refractivity contribution >= 4 is 11.7 Å². The molecule has 2 aromatic carbocycles. The number of amides is 1. The summed E-state index contributed by atoms with van der Waals surface area (Å²) in [7, 11) is 1.63. The highest BCUT2D eigenvalue weighted by molar-refractivity contribution is 5.94. The minimum atomic E-state index is -0.263. The number of ether oxygens (including phenoxy) is 1. The van der Waals surface area contributed by atoms with Crippen LogP contribution in [0.3, 0.4) is 0 Å². The number of hydrogen-bond acceptors (Lipinski definition) is 4. The van der Waals surface area contributed by atoms with Crippen LogP contribution in [0.1, 0.15) is 21.5 Å². The Morgan fingerprint density at radius 3 is 2.50 bits per heavy atom. The molecular weight excluding hydrogens is 357 g/mol. The maximum Gasteiger partial charge on any atom is 0.252 e. The van der Waals surface area contributed by atoms with E-state index in [9.17, 15) is 9.18 Å². The van der Waals surface area contributed by atoms with Crippen molar-refractivity contribution in [2.45, 2.75) is 13.0 Å². The Bertz CT molecular complexity index is 929. The molecule has 0 atom stereocenters. The van der Waals surface area contributed by atoms with Crippen LogP contribution in [0, 0.1) is 5.82 Å². The second kappa shape index (κ2) is 9.50. The Kier molecular flexibility index (Phi) is 6.57. The van der Waals surface area contributed by atoms with Crippen molar-refractivity contribution in [1.29, 1.82) is 0 Å². The molecule has 0 aliphatic heterocycles. The van der Waals surface area contributed by atoms with Crippen LogP contribution in [0.25, 0.3) is 0 Å². The van der Waals surface area contributed by atoms with Crippen molar-refractivity contribution in [1.82, 2.24) is 10.3 Å². The van der Waals surface area contributed by atoms with Crippen molar-refractivity contribution in [3.05, 3.63) is 89.4 Å². The molecule has 0 saturated heterocycles. The Labute approximate surface area is 163 Å². The molecule has 6 heteroatoms. The Morgan fingerprint density at radius 2 is 1.79 bits per heavy atom. The first kappa shape index (κ1) is 19.4. The lowest BCUT2D eigenvalue weighted by atomic mass is 10.1. The molecular formula is C22H22FN3O2. The largest absolute Gasteiger partial charge is 0.496 e. The molecule has 28 heavy (non-hydrogen) atoms. The van der Waals surface area contributed by atoms with E-state index in [-0.39, 0.29) is 11.7 Å². The minimum absolute atomic E-state index is 0.192. The van der Waals surface area contributed by atoms with E-state index in [0.29, 0.717) is 36.5 Å². The first-order valence-corrected chi connectivity index (χ1v) is 9.01. The number of benzene rings is 2. The van der Waals surface area contributed by atoms with Crippen LogP contribution in [0.15, 0.2) is 66.9 Å². The molecule has 0 unspecified atom stereocenters. The molecule has 0 saturated carbocycles. The zero-order valence-corrected chi connectivity index (χ0v) is 15.6. The highest BCUT2D eigenvalue weighted by Gasteiger charge is 2.08. The van der Waals surface area contributed by atoms with E-state index in [2.05, 4.69) is 15.6 Å². The van der Waals surface area contributed by atoms with E-state index >= 15 is 0 Å². The lowest BCUT2D eigenvalue weighted by molar-refractivity contribution is 0.0953. The van der Waals surface area contributed by atoms with Gasteiger partial charge in [-0.25, -0.2) is 9.37 Å². The summed E-state index contributed by atoms with van der Waals surface area (Å²) < 4.78 is 18.9. The summed E-state index contributed by atoms with van der Waals surface area (Å²) in [6, 6.07) is 17.7. The van der Waals surface area contributed by atoms with Crippen LogP contribution in [0.5, 0.6) is 5.75 Å². The summed E-state index contributed by atoms with van der Waals surface area (Å²) in [5, 5.41) is 5.93. The second-order valence-electron chi connectivity index (χ2n) is 6.19. The first-order valence-electron chi connectivity index (χ1n) is 9.01. The molecule has 1 aromatic heterocycles. The van der Waals surface area contributed by atoms with Gasteiger partial charge >= 0.3 is 0 Å². The third kappa shape index (κ3) is 5.07. The van der Waals surface area contributed by atoms with Crippen LogP contribution in [-0.4, -0.2) is 24.5 Å². The molecule has 1 amide bonds. The first-order chi connectivity index (χ1) is 13.7. The monoisotopic (exact) mass is 379 g/mol. The van der Waals surface area contributed by atoms with E-state index < -0.39 is 0 Å². The fraction of sp³-hybridized carbons (Fsp3) is 0.182. The molecule has 0 spiro atoms. The van der Waals surface area contributed by atoms with Gasteiger partial charge in [0.2, 0.25) is 0 Å². The number of carbonyl (C=O) groups is 1. The summed E-state index contributed by atoms with van der Waals surface area (Å²) in [6.45, 7) is 0.816. The summed E-state index contributed by atoms with van der Waals surface area (Å²) in [4.78, 5) is 16.5. The van der Waals surface area contributed by atoms with E-state index in [0.717, 1.165) is 11.3 Å². The van der Waals surface area contributed by atoms with E-state index in [1.165, 1.54) is 12.3 Å². The van der Waals surface area contributed by atoms with Crippen molar-refractivity contribution in [3.8, 4) is 5.75 Å². The van der Waals surface area contributed by atoms with Crippen LogP contribution in [0.4, 0.5) is 10.2 Å². The van der Waals surface area contributed by atoms with Crippen molar-refractivity contribution in [2.24, 2.45) is 0 Å². The third-order valence-corrected chi connectivity index (χ3v) is 4.32. The van der Waals surface area contributed by atoms with Crippen LogP contribution >= 0.6 is 0 Å². The standard InChI is InChI=1S/C22H22FN3O2/c1-28-20-9-5-3-6-16(20)12-13-24-22(27)18-10-11-21(26-15-18)25-14-17-7-2-4-8-19(17)23/h2-11,15H,12-14H2,1H3,(H,24,27)(H,25,26). The predicted octanol–water partition coefficient (Wildman–Crippen LogP) is 3.81. The van der Waals surface area contributed by atoms with Gasteiger partial charge in [-0.15, -0.1) is 0 Å². The number of halogens is 1. The van der Waals surface area contributed by atoms with Crippen molar-refractivity contribution in [2.75, 3.05) is 19.0 Å². The second-order valence-corrected chi connectivity index (χ2v) is 6.19. The van der Waals surface area contributed by atoms with Crippen LogP contribution < -0.4 is 15.4 Å². The van der Waals surface area contributed by atoms with Gasteiger partial charge in [0.1, 0.15) is 17.4 Å². The predicted molar refractivity (Wildman–Crippen MR) is 107 cm³/mol. The summed E-state index contributed by atoms with van der Waals surface area (Å²) in [5.41, 5.74) is 2.06. The number of rotatable bonds is 8. The van der Waals surface area contributed by atoms with E-state index in [1.54, 1.807) is 37.4 Å². The highest BCUT2D eigenvalue weighted by Crippen LogP contribution is 2.17. The molecule has 0 fully saturated rings. The average Bonchev–Trinajstić information content (AvgIpc) is 2.74. The smallest absolute Gasteiger partial charge is 0.252 e. The molecule has 144 valence electrons. The summed E-state index contributed by atoms with van der Waals surface area (Å²) in [6.07, 6.45) is 2.17. The van der Waals surface area contributed by atoms with Crippen molar-refractivity contribution in [3.63, 3.8) is 0 Å². The normalized spacial score (nSPS) is 10.4. The number of methoxy groups -OCH3 is 1. The molecule has 2 N–H and O–H groups in total. The maximum absolute atomic E-state index is 13.6. The van der Waals surface area contributed by atoms with Gasteiger partial charge in [0.05, 0.1) is 12.7 Å². The van der Waals surface area contributed by atoms with Gasteiger partial charge in [-0.2, -0.15) is 0 Å². The number of para-hydroxylation sites is 1. The molecule has 0 bridgehead atoms. The van der Waals surface area contributed by atoms with E-state index in [4.69, 9.17) is 4.74 Å². The van der Waals surface area contributed by atoms with Gasteiger partial charge in [0, 0.05) is 24.8 Å². The number of carbonyl (C=O) groups excluding carboxylic acids is 1. The quantitative estimate of drug-likeness (QED) is 0.625. The molecule has 3 rings (SSSR count). The lowest BCUT2D eigenvalue weighted by Crippen LogP contribution is -2.25. The average molecular weight is 379 g/mol. The molecule has 1 heterocycles. The summed E-state index contributed by atoms with van der Waals surface area (Å²) in [5.74, 6) is 0.932. The fourth-order valence-electron chi connectivity index (χ4n) is 2.78. The van der Waals surface area contributed by atoms with Gasteiger partial charge in [-0.1, -0.05) is 36.4 Å². The molecule has 5 nitrogen and oxygen atoms in total. The van der Waals surface area contributed by atoms with Gasteiger partial charge in [-0.05, 0) is 36.2 Å². The van der Waals surface area contributed by atoms with Crippen LogP contribution in [-0.2, 0) is 13.0 Å². The molecule has 0 aliphatic rings. The molecule has 3 aromatic rings. The Hall–Kier alpha value is -3.41. The highest BCUT2D eigenvalue weighted by atomic mass is 19.1. The van der Waals surface area contributed by atoms with Gasteiger partial charge in [0.15, 0.2) is 0 Å². The van der Waals surface area contributed by atoms with Crippen LogP contribution in [0.2, 0.25) is 0 Å². The van der Waals surface area contributed by atoms with Gasteiger partial charge in [-0.3, -0.25) is 4.79 Å². The Morgan fingerprint density at radius 1 is 1.04 bits per heavy atom. The zero-order valence-electron chi connectivity index (χ0n) is 15.6. The summed E-state index contributed by atoms with van der Waals surface area (Å²) >= 11 is 0. The zero-order chi connectivity index (χ0) is 19.8. The number of hydrogen-bond donors (Lipinski definition) is 2.